The van der Waals surface area contributed by atoms with Gasteiger partial charge < -0.3 is 10.1 Å². The number of likely N-dealkylation sites (N-methyl/N-ethyl adjacent to an activating group) is 1. The van der Waals surface area contributed by atoms with Crippen LogP contribution >= 0.6 is 0 Å². The van der Waals surface area contributed by atoms with Crippen LogP contribution in [-0.2, 0) is 0 Å². The van der Waals surface area contributed by atoms with Crippen LogP contribution in [0.25, 0.3) is 0 Å². The molecule has 78 valence electrons. The zero-order chi connectivity index (χ0) is 10.4. The summed E-state index contributed by atoms with van der Waals surface area (Å²) in [5.41, 5.74) is 2.71. The number of hydrogen-bond donors (Lipinski definition) is 3. The molecule has 0 aromatic heterocycles. The fraction of sp³-hybridized carbons (Fsp3) is 0.400. The molecule has 0 saturated heterocycles. The van der Waals surface area contributed by atoms with E-state index in [-0.39, 0.29) is 0 Å². The SMILES string of the molecule is CN[C@H](C)COc1ccc(NO)cc1. The van der Waals surface area contributed by atoms with Gasteiger partial charge in [-0.25, -0.2) is 0 Å². The molecule has 1 aromatic carbocycles. The fourth-order valence-electron chi connectivity index (χ4n) is 0.930. The molecule has 1 atom stereocenters. The smallest absolute Gasteiger partial charge is 0.119 e. The monoisotopic (exact) mass is 196 g/mol. The van der Waals surface area contributed by atoms with E-state index in [9.17, 15) is 0 Å². The van der Waals surface area contributed by atoms with Gasteiger partial charge in [-0.15, -0.1) is 0 Å². The van der Waals surface area contributed by atoms with E-state index in [2.05, 4.69) is 10.8 Å². The van der Waals surface area contributed by atoms with Crippen molar-refractivity contribution in [1.29, 1.82) is 0 Å². The summed E-state index contributed by atoms with van der Waals surface area (Å²) in [6.07, 6.45) is 0. The maximum absolute atomic E-state index is 8.58. The Morgan fingerprint density at radius 3 is 2.50 bits per heavy atom. The number of anilines is 1. The normalized spacial score (nSPS) is 12.2. The Labute approximate surface area is 83.9 Å². The summed E-state index contributed by atoms with van der Waals surface area (Å²) in [6.45, 7) is 2.67. The third kappa shape index (κ3) is 3.24. The van der Waals surface area contributed by atoms with Crippen LogP contribution < -0.4 is 15.5 Å². The Kier molecular flexibility index (Phi) is 4.22. The molecule has 0 aliphatic carbocycles. The van der Waals surface area contributed by atoms with Crippen molar-refractivity contribution in [2.24, 2.45) is 0 Å². The van der Waals surface area contributed by atoms with Gasteiger partial charge in [0.15, 0.2) is 0 Å². The molecule has 1 rings (SSSR count). The van der Waals surface area contributed by atoms with Gasteiger partial charge in [0.25, 0.3) is 0 Å². The molecule has 0 unspecified atom stereocenters. The summed E-state index contributed by atoms with van der Waals surface area (Å²) >= 11 is 0. The third-order valence-electron chi connectivity index (χ3n) is 1.98. The van der Waals surface area contributed by atoms with Crippen molar-refractivity contribution >= 4 is 5.69 Å². The second-order valence-corrected chi connectivity index (χ2v) is 3.14. The molecule has 0 aliphatic heterocycles. The minimum Gasteiger partial charge on any atom is -0.492 e. The predicted octanol–water partition coefficient (Wildman–Crippen LogP) is 1.47. The molecule has 0 saturated carbocycles. The average Bonchev–Trinajstić information content (AvgIpc) is 2.26. The van der Waals surface area contributed by atoms with E-state index < -0.39 is 0 Å². The van der Waals surface area contributed by atoms with Crippen molar-refractivity contribution in [3.63, 3.8) is 0 Å². The van der Waals surface area contributed by atoms with E-state index in [0.29, 0.717) is 18.3 Å². The van der Waals surface area contributed by atoms with Crippen molar-refractivity contribution in [2.45, 2.75) is 13.0 Å². The molecule has 0 spiro atoms. The first-order chi connectivity index (χ1) is 6.76. The Morgan fingerprint density at radius 1 is 1.36 bits per heavy atom. The maximum atomic E-state index is 8.58. The summed E-state index contributed by atoms with van der Waals surface area (Å²) in [5.74, 6) is 0.797. The van der Waals surface area contributed by atoms with Crippen molar-refractivity contribution < 1.29 is 9.94 Å². The number of hydrogen-bond acceptors (Lipinski definition) is 4. The van der Waals surface area contributed by atoms with Crippen molar-refractivity contribution in [1.82, 2.24) is 5.32 Å². The molecular formula is C10H16N2O2. The predicted molar refractivity (Wildman–Crippen MR) is 55.9 cm³/mol. The molecule has 1 aromatic rings. The van der Waals surface area contributed by atoms with E-state index in [1.807, 2.05) is 14.0 Å². The van der Waals surface area contributed by atoms with Gasteiger partial charge in [-0.1, -0.05) is 0 Å². The molecule has 4 heteroatoms. The zero-order valence-electron chi connectivity index (χ0n) is 8.45. The first kappa shape index (κ1) is 10.8. The van der Waals surface area contributed by atoms with E-state index in [1.165, 1.54) is 0 Å². The maximum Gasteiger partial charge on any atom is 0.119 e. The van der Waals surface area contributed by atoms with Gasteiger partial charge in [-0.05, 0) is 38.2 Å². The lowest BCUT2D eigenvalue weighted by atomic mass is 10.3. The molecule has 4 nitrogen and oxygen atoms in total. The van der Waals surface area contributed by atoms with Crippen LogP contribution in [0.3, 0.4) is 0 Å². The number of ether oxygens (including phenoxy) is 1. The average molecular weight is 196 g/mol. The van der Waals surface area contributed by atoms with E-state index in [0.717, 1.165) is 5.75 Å². The summed E-state index contributed by atoms with van der Waals surface area (Å²) in [5, 5.41) is 11.7. The van der Waals surface area contributed by atoms with Crippen molar-refractivity contribution in [3.8, 4) is 5.75 Å². The standard InChI is InChI=1S/C10H16N2O2/c1-8(11-2)7-14-10-5-3-9(12-13)4-6-10/h3-6,8,11-13H,7H2,1-2H3/t8-/m1/s1. The second kappa shape index (κ2) is 5.47. The van der Waals surface area contributed by atoms with Crippen LogP contribution in [0, 0.1) is 0 Å². The highest BCUT2D eigenvalue weighted by Crippen LogP contribution is 2.14. The lowest BCUT2D eigenvalue weighted by molar-refractivity contribution is 0.280. The summed E-state index contributed by atoms with van der Waals surface area (Å²) in [4.78, 5) is 0. The Bertz CT molecular complexity index is 261. The largest absolute Gasteiger partial charge is 0.492 e. The van der Waals surface area contributed by atoms with E-state index >= 15 is 0 Å². The van der Waals surface area contributed by atoms with Gasteiger partial charge >= 0.3 is 0 Å². The van der Waals surface area contributed by atoms with Crippen molar-refractivity contribution in [3.05, 3.63) is 24.3 Å². The zero-order valence-corrected chi connectivity index (χ0v) is 8.45. The molecule has 0 aliphatic rings. The summed E-state index contributed by atoms with van der Waals surface area (Å²) in [6, 6.07) is 7.44. The number of rotatable bonds is 5. The van der Waals surface area contributed by atoms with Crippen LogP contribution in [-0.4, -0.2) is 24.9 Å². The van der Waals surface area contributed by atoms with Gasteiger partial charge in [0, 0.05) is 6.04 Å². The number of nitrogens with one attached hydrogen (secondary N) is 2. The van der Waals surface area contributed by atoms with Crippen LogP contribution in [0.15, 0.2) is 24.3 Å². The lowest BCUT2D eigenvalue weighted by Gasteiger charge is -2.12. The Hall–Kier alpha value is -1.26. The minimum absolute atomic E-state index is 0.325. The molecule has 0 radical (unpaired) electrons. The molecular weight excluding hydrogens is 180 g/mol. The van der Waals surface area contributed by atoms with Gasteiger partial charge in [0.2, 0.25) is 0 Å². The van der Waals surface area contributed by atoms with E-state index in [1.54, 1.807) is 24.3 Å². The van der Waals surface area contributed by atoms with Gasteiger partial charge in [0.1, 0.15) is 12.4 Å². The Balaban J connectivity index is 2.43. The first-order valence-electron chi connectivity index (χ1n) is 4.56. The van der Waals surface area contributed by atoms with Crippen LogP contribution in [0.5, 0.6) is 5.75 Å². The quantitative estimate of drug-likeness (QED) is 0.624. The van der Waals surface area contributed by atoms with Gasteiger partial charge in [-0.2, -0.15) is 0 Å². The highest BCUT2D eigenvalue weighted by atomic mass is 16.5. The highest BCUT2D eigenvalue weighted by Gasteiger charge is 1.99. The van der Waals surface area contributed by atoms with Crippen LogP contribution in [0.2, 0.25) is 0 Å². The van der Waals surface area contributed by atoms with Gasteiger partial charge in [-0.3, -0.25) is 10.7 Å². The van der Waals surface area contributed by atoms with Crippen LogP contribution in [0.4, 0.5) is 5.69 Å². The number of benzene rings is 1. The third-order valence-corrected chi connectivity index (χ3v) is 1.98. The van der Waals surface area contributed by atoms with E-state index in [4.69, 9.17) is 9.94 Å². The topological polar surface area (TPSA) is 53.5 Å². The van der Waals surface area contributed by atoms with Crippen molar-refractivity contribution in [2.75, 3.05) is 19.1 Å². The first-order valence-corrected chi connectivity index (χ1v) is 4.56. The molecule has 0 bridgehead atoms. The summed E-state index contributed by atoms with van der Waals surface area (Å²) in [7, 11) is 1.90. The Morgan fingerprint density at radius 2 is 2.00 bits per heavy atom. The lowest BCUT2D eigenvalue weighted by Crippen LogP contribution is -2.28. The molecule has 0 fully saturated rings. The second-order valence-electron chi connectivity index (χ2n) is 3.14. The van der Waals surface area contributed by atoms with Crippen LogP contribution in [0.1, 0.15) is 6.92 Å². The fourth-order valence-corrected chi connectivity index (χ4v) is 0.930. The molecule has 0 amide bonds. The highest BCUT2D eigenvalue weighted by molar-refractivity contribution is 5.44. The molecule has 0 heterocycles. The van der Waals surface area contributed by atoms with Gasteiger partial charge in [0.05, 0.1) is 5.69 Å². The molecule has 14 heavy (non-hydrogen) atoms. The summed E-state index contributed by atoms with van der Waals surface area (Å²) < 4.78 is 5.49. The molecule has 3 N–H and O–H groups in total. The minimum atomic E-state index is 0.325.